The lowest BCUT2D eigenvalue weighted by molar-refractivity contribution is -0.137. The first-order chi connectivity index (χ1) is 13.4. The molecule has 1 aromatic heterocycles. The van der Waals surface area contributed by atoms with Crippen LogP contribution in [0.4, 0.5) is 18.9 Å². The van der Waals surface area contributed by atoms with Crippen LogP contribution < -0.4 is 10.2 Å². The highest BCUT2D eigenvalue weighted by atomic mass is 19.4. The van der Waals surface area contributed by atoms with Gasteiger partial charge in [0.2, 0.25) is 0 Å². The minimum atomic E-state index is -4.32. The Morgan fingerprint density at radius 1 is 1.21 bits per heavy atom. The van der Waals surface area contributed by atoms with E-state index in [-0.39, 0.29) is 0 Å². The van der Waals surface area contributed by atoms with Crippen molar-refractivity contribution in [2.45, 2.75) is 19.6 Å². The molecule has 28 heavy (non-hydrogen) atoms. The number of rotatable bonds is 4. The summed E-state index contributed by atoms with van der Waals surface area (Å²) < 4.78 is 40.7. The first-order valence-electron chi connectivity index (χ1n) is 9.23. The molecule has 1 aliphatic rings. The van der Waals surface area contributed by atoms with Crippen LogP contribution in [0.1, 0.15) is 11.1 Å². The van der Waals surface area contributed by atoms with Gasteiger partial charge in [-0.25, -0.2) is 0 Å². The average Bonchev–Trinajstić information content (AvgIpc) is 3.10. The second kappa shape index (κ2) is 8.53. The molecule has 0 amide bonds. The number of nitrogens with zero attached hydrogens (tertiary/aromatic N) is 5. The number of alkyl halides is 3. The maximum absolute atomic E-state index is 12.9. The summed E-state index contributed by atoms with van der Waals surface area (Å²) in [5.41, 5.74) is 1.11. The summed E-state index contributed by atoms with van der Waals surface area (Å²) >= 11 is 0. The molecular weight excluding hydrogens is 369 g/mol. The molecule has 2 aromatic rings. The lowest BCUT2D eigenvalue weighted by Crippen LogP contribution is -2.53. The Kier molecular flexibility index (Phi) is 6.11. The van der Waals surface area contributed by atoms with Gasteiger partial charge in [0.1, 0.15) is 0 Å². The number of aliphatic imine (C=N–C) groups is 1. The molecule has 0 bridgehead atoms. The van der Waals surface area contributed by atoms with Crippen LogP contribution in [0, 0.1) is 6.92 Å². The summed E-state index contributed by atoms with van der Waals surface area (Å²) in [6, 6.07) is 5.51. The fraction of sp³-hybridized carbons (Fsp3) is 0.474. The Labute approximate surface area is 162 Å². The van der Waals surface area contributed by atoms with Gasteiger partial charge in [0.05, 0.1) is 18.3 Å². The molecule has 2 heterocycles. The van der Waals surface area contributed by atoms with Crippen LogP contribution in [-0.2, 0) is 12.7 Å². The molecule has 6 nitrogen and oxygen atoms in total. The van der Waals surface area contributed by atoms with Crippen molar-refractivity contribution in [2.75, 3.05) is 44.7 Å². The van der Waals surface area contributed by atoms with Gasteiger partial charge in [-0.05, 0) is 30.7 Å². The van der Waals surface area contributed by atoms with E-state index in [2.05, 4.69) is 20.3 Å². The van der Waals surface area contributed by atoms with E-state index in [9.17, 15) is 13.2 Å². The molecule has 3 rings (SSSR count). The van der Waals surface area contributed by atoms with Crippen LogP contribution in [-0.4, -0.2) is 60.4 Å². The number of guanidine groups is 1. The number of halogens is 3. The van der Waals surface area contributed by atoms with E-state index >= 15 is 0 Å². The highest BCUT2D eigenvalue weighted by Crippen LogP contribution is 2.31. The summed E-state index contributed by atoms with van der Waals surface area (Å²) in [4.78, 5) is 8.43. The van der Waals surface area contributed by atoms with Crippen molar-refractivity contribution < 1.29 is 13.2 Å². The Hall–Kier alpha value is -2.71. The molecule has 0 saturated carbocycles. The molecule has 1 N–H and O–H groups in total. The predicted octanol–water partition coefficient (Wildman–Crippen LogP) is 2.61. The normalized spacial score (nSPS) is 15.8. The zero-order valence-electron chi connectivity index (χ0n) is 16.1. The minimum Gasteiger partial charge on any atom is -0.368 e. The van der Waals surface area contributed by atoms with Crippen molar-refractivity contribution >= 4 is 11.6 Å². The molecule has 0 spiro atoms. The topological polar surface area (TPSA) is 48.7 Å². The van der Waals surface area contributed by atoms with Crippen LogP contribution in [0.25, 0.3) is 0 Å². The predicted molar refractivity (Wildman–Crippen MR) is 104 cm³/mol. The standard InChI is InChI=1S/C19H25F3N6/c1-15-13-25-28(14-15)7-6-24-18(23-2)27-10-8-26(9-11-27)17-5-3-4-16(12-17)19(20,21)22/h3-5,12-14H,6-11H2,1-2H3,(H,23,24). The van der Waals surface area contributed by atoms with Crippen LogP contribution in [0.5, 0.6) is 0 Å². The molecule has 9 heteroatoms. The van der Waals surface area contributed by atoms with Crippen LogP contribution in [0.3, 0.4) is 0 Å². The van der Waals surface area contributed by atoms with Gasteiger partial charge in [0.25, 0.3) is 0 Å². The maximum atomic E-state index is 12.9. The van der Waals surface area contributed by atoms with E-state index in [1.807, 2.05) is 28.9 Å². The van der Waals surface area contributed by atoms with Gasteiger partial charge in [-0.2, -0.15) is 18.3 Å². The van der Waals surface area contributed by atoms with Crippen LogP contribution in [0.15, 0.2) is 41.7 Å². The second-order valence-electron chi connectivity index (χ2n) is 6.78. The Morgan fingerprint density at radius 3 is 2.57 bits per heavy atom. The molecule has 1 saturated heterocycles. The Morgan fingerprint density at radius 2 is 1.96 bits per heavy atom. The lowest BCUT2D eigenvalue weighted by atomic mass is 10.1. The zero-order valence-corrected chi connectivity index (χ0v) is 16.1. The van der Waals surface area contributed by atoms with Crippen molar-refractivity contribution in [3.05, 3.63) is 47.8 Å². The van der Waals surface area contributed by atoms with Crippen molar-refractivity contribution in [1.82, 2.24) is 20.0 Å². The van der Waals surface area contributed by atoms with Crippen molar-refractivity contribution in [2.24, 2.45) is 4.99 Å². The number of hydrogen-bond donors (Lipinski definition) is 1. The highest BCUT2D eigenvalue weighted by Gasteiger charge is 2.31. The molecular formula is C19H25F3N6. The van der Waals surface area contributed by atoms with E-state index in [1.165, 1.54) is 12.1 Å². The van der Waals surface area contributed by atoms with E-state index in [0.717, 1.165) is 24.1 Å². The number of aromatic nitrogens is 2. The lowest BCUT2D eigenvalue weighted by Gasteiger charge is -2.37. The molecule has 1 aliphatic heterocycles. The van der Waals surface area contributed by atoms with Gasteiger partial charge in [0, 0.05) is 51.7 Å². The molecule has 0 aliphatic carbocycles. The van der Waals surface area contributed by atoms with Crippen molar-refractivity contribution in [1.29, 1.82) is 0 Å². The Balaban J connectivity index is 1.52. The van der Waals surface area contributed by atoms with Gasteiger partial charge >= 0.3 is 6.18 Å². The van der Waals surface area contributed by atoms with Crippen LogP contribution in [0.2, 0.25) is 0 Å². The van der Waals surface area contributed by atoms with Gasteiger partial charge in [-0.1, -0.05) is 6.07 Å². The van der Waals surface area contributed by atoms with E-state index in [0.29, 0.717) is 38.4 Å². The molecule has 152 valence electrons. The molecule has 0 radical (unpaired) electrons. The quantitative estimate of drug-likeness (QED) is 0.640. The number of anilines is 1. The molecule has 1 aromatic carbocycles. The summed E-state index contributed by atoms with van der Waals surface area (Å²) in [6.45, 7) is 6.09. The van der Waals surface area contributed by atoms with Gasteiger partial charge in [-0.15, -0.1) is 0 Å². The Bertz CT molecular complexity index is 806. The zero-order chi connectivity index (χ0) is 20.1. The first-order valence-corrected chi connectivity index (χ1v) is 9.23. The van der Waals surface area contributed by atoms with Gasteiger partial charge < -0.3 is 15.1 Å². The largest absolute Gasteiger partial charge is 0.416 e. The first kappa shape index (κ1) is 20.0. The molecule has 1 fully saturated rings. The summed E-state index contributed by atoms with van der Waals surface area (Å²) in [7, 11) is 1.74. The monoisotopic (exact) mass is 394 g/mol. The summed E-state index contributed by atoms with van der Waals surface area (Å²) in [6.07, 6.45) is -0.517. The highest BCUT2D eigenvalue weighted by molar-refractivity contribution is 5.80. The average molecular weight is 394 g/mol. The number of aryl methyl sites for hydroxylation is 1. The number of piperazine rings is 1. The molecule has 0 atom stereocenters. The SMILES string of the molecule is CN=C(NCCn1cc(C)cn1)N1CCN(c2cccc(C(F)(F)F)c2)CC1. The number of benzene rings is 1. The fourth-order valence-corrected chi connectivity index (χ4v) is 3.26. The smallest absolute Gasteiger partial charge is 0.368 e. The molecule has 0 unspecified atom stereocenters. The fourth-order valence-electron chi connectivity index (χ4n) is 3.26. The van der Waals surface area contributed by atoms with Crippen molar-refractivity contribution in [3.8, 4) is 0 Å². The van der Waals surface area contributed by atoms with E-state index < -0.39 is 11.7 Å². The third-order valence-corrected chi connectivity index (χ3v) is 4.72. The third-order valence-electron chi connectivity index (χ3n) is 4.72. The van der Waals surface area contributed by atoms with Gasteiger partial charge in [-0.3, -0.25) is 9.67 Å². The summed E-state index contributed by atoms with van der Waals surface area (Å²) in [5, 5.41) is 7.58. The van der Waals surface area contributed by atoms with Gasteiger partial charge in [0.15, 0.2) is 5.96 Å². The van der Waals surface area contributed by atoms with Crippen molar-refractivity contribution in [3.63, 3.8) is 0 Å². The number of nitrogens with one attached hydrogen (secondary N) is 1. The van der Waals surface area contributed by atoms with E-state index in [1.54, 1.807) is 13.1 Å². The van der Waals surface area contributed by atoms with Crippen LogP contribution >= 0.6 is 0 Å². The number of hydrogen-bond acceptors (Lipinski definition) is 3. The third kappa shape index (κ3) is 4.96. The summed E-state index contributed by atoms with van der Waals surface area (Å²) in [5.74, 6) is 0.799. The van der Waals surface area contributed by atoms with E-state index in [4.69, 9.17) is 0 Å². The minimum absolute atomic E-state index is 0.603. The second-order valence-corrected chi connectivity index (χ2v) is 6.78. The maximum Gasteiger partial charge on any atom is 0.416 e.